The number of fused-ring (bicyclic) bond motifs is 2. The summed E-state index contributed by atoms with van der Waals surface area (Å²) in [6.07, 6.45) is 2.89. The molecule has 4 N–H and O–H groups in total. The summed E-state index contributed by atoms with van der Waals surface area (Å²) >= 11 is 1.46. The fraction of sp³-hybridized carbons (Fsp3) is 0.333. The number of rotatable bonds is 5. The minimum Gasteiger partial charge on any atom is -0.380 e. The number of nitrogens with one attached hydrogen (secondary N) is 3. The summed E-state index contributed by atoms with van der Waals surface area (Å²) in [5, 5.41) is 19.9. The summed E-state index contributed by atoms with van der Waals surface area (Å²) in [5.41, 5.74) is -0.673. The number of amides is 2. The van der Waals surface area contributed by atoms with Gasteiger partial charge in [-0.25, -0.2) is 13.8 Å². The fourth-order valence-corrected chi connectivity index (χ4v) is 5.16. The van der Waals surface area contributed by atoms with Crippen LogP contribution in [-0.4, -0.2) is 44.3 Å². The normalized spacial score (nSPS) is 21.9. The minimum absolute atomic E-state index is 0.0574. The number of nitrogens with zero attached hydrogens (tertiary/aromatic N) is 2. The van der Waals surface area contributed by atoms with Gasteiger partial charge in [-0.2, -0.15) is 0 Å². The molecule has 3 heterocycles. The molecule has 8 nitrogen and oxygen atoms in total. The van der Waals surface area contributed by atoms with Gasteiger partial charge in [-0.15, -0.1) is 11.8 Å². The highest BCUT2D eigenvalue weighted by molar-refractivity contribution is 8.00. The van der Waals surface area contributed by atoms with E-state index >= 15 is 0 Å². The predicted octanol–water partition coefficient (Wildman–Crippen LogP) is 3.35. The van der Waals surface area contributed by atoms with Crippen molar-refractivity contribution in [2.45, 2.75) is 48.8 Å². The molecule has 2 aromatic heterocycles. The Hall–Kier alpha value is -3.15. The molecule has 0 spiro atoms. The summed E-state index contributed by atoms with van der Waals surface area (Å²) in [4.78, 5) is 33.9. The van der Waals surface area contributed by atoms with Crippen LogP contribution < -0.4 is 16.0 Å². The Morgan fingerprint density at radius 1 is 1.23 bits per heavy atom. The van der Waals surface area contributed by atoms with Crippen LogP contribution in [0.5, 0.6) is 0 Å². The van der Waals surface area contributed by atoms with Crippen LogP contribution in [0.4, 0.5) is 20.3 Å². The molecule has 35 heavy (non-hydrogen) atoms. The number of pyridine rings is 2. The maximum absolute atomic E-state index is 14.0. The number of anilines is 2. The molecular formula is C24H23F2N5O3S. The molecule has 0 saturated heterocycles. The second-order valence-electron chi connectivity index (χ2n) is 8.77. The van der Waals surface area contributed by atoms with Gasteiger partial charge in [-0.3, -0.25) is 14.6 Å². The first-order chi connectivity index (χ1) is 16.8. The summed E-state index contributed by atoms with van der Waals surface area (Å²) in [5.74, 6) is -1.33. The molecule has 2 aliphatic rings. The molecule has 1 fully saturated rings. The van der Waals surface area contributed by atoms with E-state index in [1.807, 2.05) is 12.1 Å². The van der Waals surface area contributed by atoms with Gasteiger partial charge in [0, 0.05) is 30.2 Å². The third kappa shape index (κ3) is 4.97. The van der Waals surface area contributed by atoms with Gasteiger partial charge in [0.05, 0.1) is 22.0 Å². The van der Waals surface area contributed by atoms with Gasteiger partial charge in [0.2, 0.25) is 5.91 Å². The highest BCUT2D eigenvalue weighted by Crippen LogP contribution is 2.32. The summed E-state index contributed by atoms with van der Waals surface area (Å²) in [6.45, 7) is 0.489. The maximum atomic E-state index is 14.0. The molecule has 1 aliphatic carbocycles. The van der Waals surface area contributed by atoms with Gasteiger partial charge in [0.15, 0.2) is 5.82 Å². The van der Waals surface area contributed by atoms with Crippen LogP contribution in [0.3, 0.4) is 0 Å². The van der Waals surface area contributed by atoms with Gasteiger partial charge >= 0.3 is 0 Å². The van der Waals surface area contributed by atoms with E-state index in [0.717, 1.165) is 22.7 Å². The predicted molar refractivity (Wildman–Crippen MR) is 128 cm³/mol. The molecule has 1 aliphatic heterocycles. The Balaban J connectivity index is 1.19. The van der Waals surface area contributed by atoms with Crippen LogP contribution in [0.1, 0.15) is 31.4 Å². The molecule has 0 radical (unpaired) electrons. The smallest absolute Gasteiger partial charge is 0.256 e. The molecule has 3 aromatic rings. The van der Waals surface area contributed by atoms with Crippen molar-refractivity contribution in [2.75, 3.05) is 16.4 Å². The van der Waals surface area contributed by atoms with Crippen molar-refractivity contribution in [3.63, 3.8) is 0 Å². The quantitative estimate of drug-likeness (QED) is 0.425. The lowest BCUT2D eigenvalue weighted by Gasteiger charge is -2.35. The number of carbonyl (C=O) groups is 2. The Morgan fingerprint density at radius 2 is 2.03 bits per heavy atom. The number of hydrogen-bond donors (Lipinski definition) is 4. The molecule has 11 heteroatoms. The minimum atomic E-state index is -1.59. The van der Waals surface area contributed by atoms with Crippen molar-refractivity contribution in [3.8, 4) is 0 Å². The number of hydrogen-bond acceptors (Lipinski definition) is 7. The number of carbonyl (C=O) groups excluding carboxylic acids is 2. The van der Waals surface area contributed by atoms with Gasteiger partial charge in [0.25, 0.3) is 5.91 Å². The number of benzene rings is 1. The molecule has 1 saturated carbocycles. The first-order valence-corrected chi connectivity index (χ1v) is 12.2. The standard InChI is InChI=1S/C24H23F2N5O3S/c25-13-9-16-18(5-8-27-21(16)17(26)10-13)30-23(33)24(34)6-3-14(4-7-24)28-11-15-1-2-19-22(29-15)31-20(32)12-35-19/h1-2,5,8-10,14,28,34H,3-4,6-7,11-12H2,(H,27,30,33)(H,29,31,32)/t14-,24+. The van der Waals surface area contributed by atoms with Gasteiger partial charge < -0.3 is 21.1 Å². The van der Waals surface area contributed by atoms with Crippen molar-refractivity contribution in [1.82, 2.24) is 15.3 Å². The zero-order valence-corrected chi connectivity index (χ0v) is 19.4. The lowest BCUT2D eigenvalue weighted by Crippen LogP contribution is -2.48. The molecule has 5 rings (SSSR count). The molecule has 2 amide bonds. The third-order valence-corrected chi connectivity index (χ3v) is 7.40. The number of halogens is 2. The van der Waals surface area contributed by atoms with Crippen LogP contribution in [0.25, 0.3) is 10.9 Å². The van der Waals surface area contributed by atoms with E-state index in [1.54, 1.807) is 0 Å². The zero-order chi connectivity index (χ0) is 24.6. The Bertz CT molecular complexity index is 1310. The number of aromatic nitrogens is 2. The summed E-state index contributed by atoms with van der Waals surface area (Å²) in [6, 6.07) is 7.21. The number of thioether (sulfide) groups is 1. The Morgan fingerprint density at radius 3 is 2.83 bits per heavy atom. The molecule has 0 atom stereocenters. The van der Waals surface area contributed by atoms with Crippen molar-refractivity contribution >= 4 is 46.0 Å². The van der Waals surface area contributed by atoms with Gasteiger partial charge in [-0.1, -0.05) is 0 Å². The second kappa shape index (κ2) is 9.48. The van der Waals surface area contributed by atoms with Crippen molar-refractivity contribution in [3.05, 3.63) is 53.9 Å². The highest BCUT2D eigenvalue weighted by atomic mass is 32.2. The molecule has 0 unspecified atom stereocenters. The SMILES string of the molecule is O=C1CSc2ccc(CN[C@H]3CC[C@](O)(C(=O)Nc4ccnc5c(F)cc(F)cc45)CC3)nc2N1. The van der Waals surface area contributed by atoms with E-state index in [4.69, 9.17) is 0 Å². The zero-order valence-electron chi connectivity index (χ0n) is 18.6. The van der Waals surface area contributed by atoms with Crippen LogP contribution >= 0.6 is 11.8 Å². The monoisotopic (exact) mass is 499 g/mol. The fourth-order valence-electron chi connectivity index (χ4n) is 4.40. The topological polar surface area (TPSA) is 116 Å². The van der Waals surface area contributed by atoms with E-state index < -0.39 is 23.1 Å². The summed E-state index contributed by atoms with van der Waals surface area (Å²) in [7, 11) is 0. The van der Waals surface area contributed by atoms with Crippen LogP contribution in [0.2, 0.25) is 0 Å². The largest absolute Gasteiger partial charge is 0.380 e. The van der Waals surface area contributed by atoms with Crippen LogP contribution in [0, 0.1) is 11.6 Å². The van der Waals surface area contributed by atoms with Crippen molar-refractivity contribution in [1.29, 1.82) is 0 Å². The lowest BCUT2D eigenvalue weighted by atomic mass is 9.81. The van der Waals surface area contributed by atoms with Gasteiger partial charge in [0.1, 0.15) is 22.8 Å². The molecule has 182 valence electrons. The molecular weight excluding hydrogens is 476 g/mol. The first kappa shape index (κ1) is 23.6. The average molecular weight is 500 g/mol. The number of aliphatic hydroxyl groups is 1. The average Bonchev–Trinajstić information content (AvgIpc) is 2.84. The summed E-state index contributed by atoms with van der Waals surface area (Å²) < 4.78 is 27.8. The maximum Gasteiger partial charge on any atom is 0.256 e. The van der Waals surface area contributed by atoms with Crippen molar-refractivity contribution in [2.24, 2.45) is 0 Å². The second-order valence-corrected chi connectivity index (χ2v) is 9.79. The Kier molecular flexibility index (Phi) is 6.39. The van der Waals surface area contributed by atoms with E-state index in [2.05, 4.69) is 25.9 Å². The van der Waals surface area contributed by atoms with Crippen molar-refractivity contribution < 1.29 is 23.5 Å². The van der Waals surface area contributed by atoms with Crippen LogP contribution in [0.15, 0.2) is 41.4 Å². The molecule has 0 bridgehead atoms. The van der Waals surface area contributed by atoms with E-state index in [-0.39, 0.29) is 41.4 Å². The third-order valence-electron chi connectivity index (χ3n) is 6.35. The van der Waals surface area contributed by atoms with Crippen LogP contribution in [-0.2, 0) is 16.1 Å². The first-order valence-electron chi connectivity index (χ1n) is 11.2. The highest BCUT2D eigenvalue weighted by Gasteiger charge is 2.40. The van der Waals surface area contributed by atoms with E-state index in [0.29, 0.717) is 31.0 Å². The van der Waals surface area contributed by atoms with E-state index in [1.165, 1.54) is 24.0 Å². The van der Waals surface area contributed by atoms with Gasteiger partial charge in [-0.05, 0) is 49.9 Å². The van der Waals surface area contributed by atoms with E-state index in [9.17, 15) is 23.5 Å². The lowest BCUT2D eigenvalue weighted by molar-refractivity contribution is -0.137. The Labute approximate surface area is 203 Å². The molecule has 1 aromatic carbocycles.